The first-order chi connectivity index (χ1) is 16.1. The molecule has 0 unspecified atom stereocenters. The van der Waals surface area contributed by atoms with E-state index < -0.39 is 5.97 Å². The number of hydrogen-bond acceptors (Lipinski definition) is 5. The van der Waals surface area contributed by atoms with E-state index in [4.69, 9.17) is 9.47 Å². The van der Waals surface area contributed by atoms with Crippen LogP contribution in [0, 0.1) is 5.92 Å². The van der Waals surface area contributed by atoms with Gasteiger partial charge in [-0.1, -0.05) is 32.4 Å². The molecular formula is C27H39NO5S. The zero-order valence-electron chi connectivity index (χ0n) is 21.0. The van der Waals surface area contributed by atoms with Gasteiger partial charge in [0, 0.05) is 23.4 Å². The van der Waals surface area contributed by atoms with Crippen LogP contribution in [-0.2, 0) is 19.7 Å². The predicted octanol–water partition coefficient (Wildman–Crippen LogP) is 5.94. The minimum absolute atomic E-state index is 0.000278. The Labute approximate surface area is 207 Å². The summed E-state index contributed by atoms with van der Waals surface area (Å²) in [5.41, 5.74) is 1.75. The Bertz CT molecular complexity index is 916. The van der Waals surface area contributed by atoms with Gasteiger partial charge in [-0.25, -0.2) is 4.79 Å². The van der Waals surface area contributed by atoms with Crippen LogP contribution in [0.1, 0.15) is 93.6 Å². The molecule has 0 spiro atoms. The number of carbonyl (C=O) groups excluding carboxylic acids is 1. The fourth-order valence-electron chi connectivity index (χ4n) is 5.30. The van der Waals surface area contributed by atoms with Crippen LogP contribution in [0.5, 0.6) is 0 Å². The largest absolute Gasteiger partial charge is 0.477 e. The zero-order chi connectivity index (χ0) is 24.5. The number of amides is 1. The highest BCUT2D eigenvalue weighted by molar-refractivity contribution is 7.14. The van der Waals surface area contributed by atoms with Gasteiger partial charge in [-0.05, 0) is 69.8 Å². The summed E-state index contributed by atoms with van der Waals surface area (Å²) in [5.74, 6) is -0.961. The molecule has 0 bridgehead atoms. The Morgan fingerprint density at radius 3 is 2.41 bits per heavy atom. The number of anilines is 1. The number of ether oxygens (including phenoxy) is 2. The molecule has 4 rings (SSSR count). The van der Waals surface area contributed by atoms with Crippen molar-refractivity contribution < 1.29 is 24.2 Å². The van der Waals surface area contributed by atoms with Crippen molar-refractivity contribution in [1.29, 1.82) is 0 Å². The van der Waals surface area contributed by atoms with Gasteiger partial charge in [-0.2, -0.15) is 0 Å². The molecule has 1 saturated heterocycles. The summed E-state index contributed by atoms with van der Waals surface area (Å²) in [6.07, 6.45) is 9.40. The average Bonchev–Trinajstić information content (AvgIpc) is 3.46. The smallest absolute Gasteiger partial charge is 0.348 e. The van der Waals surface area contributed by atoms with Crippen LogP contribution in [0.2, 0.25) is 0 Å². The molecule has 2 atom stereocenters. The molecule has 34 heavy (non-hydrogen) atoms. The third kappa shape index (κ3) is 5.74. The Morgan fingerprint density at radius 2 is 1.85 bits per heavy atom. The van der Waals surface area contributed by atoms with Gasteiger partial charge >= 0.3 is 5.97 Å². The number of carboxylic acid groups (broad SMARTS) is 1. The lowest BCUT2D eigenvalue weighted by molar-refractivity contribution is -0.123. The first-order valence-electron chi connectivity index (χ1n) is 12.7. The molecule has 6 nitrogen and oxygen atoms in total. The molecule has 1 aromatic rings. The topological polar surface area (TPSA) is 76.1 Å². The minimum Gasteiger partial charge on any atom is -0.477 e. The summed E-state index contributed by atoms with van der Waals surface area (Å²) in [4.78, 5) is 29.4. The standard InChI is InChI=1S/C27H39NO5S/c1-17-5-7-18(8-6-17)25(29)28(22-15-23(27(2,3)4)34-24(22)26(30)31)19-9-11-20(12-10-19)33-21-13-14-32-16-21/h5,15,18-21H,6-14,16H2,1-4H3,(H,30,31)/t18-,19?,20?,21-/m0/s1. The van der Waals surface area contributed by atoms with E-state index in [2.05, 4.69) is 33.8 Å². The average molecular weight is 490 g/mol. The van der Waals surface area contributed by atoms with E-state index in [1.54, 1.807) is 0 Å². The van der Waals surface area contributed by atoms with Crippen LogP contribution < -0.4 is 4.90 Å². The van der Waals surface area contributed by atoms with Gasteiger partial charge in [-0.15, -0.1) is 11.3 Å². The molecule has 0 aromatic carbocycles. The second-order valence-corrected chi connectivity index (χ2v) is 12.2. The van der Waals surface area contributed by atoms with Gasteiger partial charge in [0.05, 0.1) is 24.5 Å². The van der Waals surface area contributed by atoms with Gasteiger partial charge in [-0.3, -0.25) is 4.79 Å². The van der Waals surface area contributed by atoms with E-state index >= 15 is 0 Å². The molecule has 1 N–H and O–H groups in total. The van der Waals surface area contributed by atoms with E-state index in [9.17, 15) is 14.7 Å². The highest BCUT2D eigenvalue weighted by atomic mass is 32.1. The summed E-state index contributed by atoms with van der Waals surface area (Å²) in [7, 11) is 0. The fraction of sp³-hybridized carbons (Fsp3) is 0.704. The second kappa shape index (κ2) is 10.5. The van der Waals surface area contributed by atoms with Gasteiger partial charge < -0.3 is 19.5 Å². The fourth-order valence-corrected chi connectivity index (χ4v) is 6.34. The number of nitrogens with zero attached hydrogens (tertiary/aromatic N) is 1. The monoisotopic (exact) mass is 489 g/mol. The quantitative estimate of drug-likeness (QED) is 0.501. The van der Waals surface area contributed by atoms with Gasteiger partial charge in [0.1, 0.15) is 4.88 Å². The summed E-state index contributed by atoms with van der Waals surface area (Å²) in [6, 6.07) is 1.97. The number of carbonyl (C=O) groups is 2. The normalized spacial score (nSPS) is 27.9. The molecule has 1 amide bonds. The Kier molecular flexibility index (Phi) is 7.85. The highest BCUT2D eigenvalue weighted by Crippen LogP contribution is 2.41. The van der Waals surface area contributed by atoms with Crippen molar-refractivity contribution in [2.75, 3.05) is 18.1 Å². The lowest BCUT2D eigenvalue weighted by Gasteiger charge is -2.39. The zero-order valence-corrected chi connectivity index (χ0v) is 21.8. The first kappa shape index (κ1) is 25.4. The van der Waals surface area contributed by atoms with Crippen LogP contribution in [-0.4, -0.2) is 48.4 Å². The number of hydrogen-bond donors (Lipinski definition) is 1. The first-order valence-corrected chi connectivity index (χ1v) is 13.5. The van der Waals surface area contributed by atoms with Crippen molar-refractivity contribution >= 4 is 28.9 Å². The molecule has 1 aliphatic heterocycles. The summed E-state index contributed by atoms with van der Waals surface area (Å²) in [6.45, 7) is 9.82. The van der Waals surface area contributed by atoms with Crippen molar-refractivity contribution in [2.45, 2.75) is 103 Å². The highest BCUT2D eigenvalue weighted by Gasteiger charge is 2.38. The van der Waals surface area contributed by atoms with Crippen molar-refractivity contribution in [2.24, 2.45) is 5.92 Å². The summed E-state index contributed by atoms with van der Waals surface area (Å²) >= 11 is 1.31. The molecule has 0 radical (unpaired) electrons. The predicted molar refractivity (Wildman–Crippen MR) is 135 cm³/mol. The summed E-state index contributed by atoms with van der Waals surface area (Å²) < 4.78 is 11.7. The van der Waals surface area contributed by atoms with E-state index in [1.807, 2.05) is 11.0 Å². The Hall–Kier alpha value is -1.70. The van der Waals surface area contributed by atoms with Crippen LogP contribution in [0.4, 0.5) is 5.69 Å². The number of allylic oxidation sites excluding steroid dienone is 2. The van der Waals surface area contributed by atoms with Gasteiger partial charge in [0.2, 0.25) is 5.91 Å². The van der Waals surface area contributed by atoms with Crippen LogP contribution in [0.15, 0.2) is 17.7 Å². The Balaban J connectivity index is 1.60. The van der Waals surface area contributed by atoms with Gasteiger partial charge in [0.15, 0.2) is 0 Å². The number of carboxylic acids is 1. The van der Waals surface area contributed by atoms with Crippen LogP contribution in [0.3, 0.4) is 0 Å². The molecular weight excluding hydrogens is 450 g/mol. The molecule has 188 valence electrons. The molecule has 3 aliphatic rings. The van der Waals surface area contributed by atoms with E-state index in [0.29, 0.717) is 12.3 Å². The van der Waals surface area contributed by atoms with Crippen molar-refractivity contribution in [3.05, 3.63) is 27.5 Å². The van der Waals surface area contributed by atoms with Crippen molar-refractivity contribution in [3.8, 4) is 0 Å². The van der Waals surface area contributed by atoms with E-state index in [-0.39, 0.29) is 40.4 Å². The van der Waals surface area contributed by atoms with E-state index in [0.717, 1.165) is 62.9 Å². The second-order valence-electron chi connectivity index (χ2n) is 11.2. The van der Waals surface area contributed by atoms with E-state index in [1.165, 1.54) is 16.9 Å². The molecule has 1 saturated carbocycles. The molecule has 7 heteroatoms. The maximum Gasteiger partial charge on any atom is 0.348 e. The minimum atomic E-state index is -0.953. The number of thiophene rings is 1. The third-order valence-electron chi connectivity index (χ3n) is 7.41. The van der Waals surface area contributed by atoms with Crippen LogP contribution >= 0.6 is 11.3 Å². The summed E-state index contributed by atoms with van der Waals surface area (Å²) in [5, 5.41) is 10.1. The van der Waals surface area contributed by atoms with Crippen molar-refractivity contribution in [3.63, 3.8) is 0 Å². The number of rotatable bonds is 6. The lowest BCUT2D eigenvalue weighted by Crippen LogP contribution is -2.47. The molecule has 2 aliphatic carbocycles. The van der Waals surface area contributed by atoms with Crippen LogP contribution in [0.25, 0.3) is 0 Å². The van der Waals surface area contributed by atoms with Gasteiger partial charge in [0.25, 0.3) is 0 Å². The lowest BCUT2D eigenvalue weighted by atomic mass is 9.86. The Morgan fingerprint density at radius 1 is 1.12 bits per heavy atom. The molecule has 2 heterocycles. The third-order valence-corrected chi connectivity index (χ3v) is 8.95. The SMILES string of the molecule is CC1=CC[C@H](C(=O)N(c2cc(C(C)(C)C)sc2C(=O)O)C2CCC(O[C@H]3CCOC3)CC2)CC1. The number of aromatic carboxylic acids is 1. The molecule has 1 aromatic heterocycles. The molecule has 2 fully saturated rings. The van der Waals surface area contributed by atoms with Crippen molar-refractivity contribution in [1.82, 2.24) is 0 Å². The maximum atomic E-state index is 14.0. The maximum absolute atomic E-state index is 14.0.